The van der Waals surface area contributed by atoms with Crippen LogP contribution in [0, 0.1) is 17.2 Å². The standard InChI is InChI=1S/C10H13ClN4S/c1-6-5-15(3-2-7(6)13)10-14-9(11)8(4-12)16-10/h6-7H,2-3,5,13H2,1H3. The van der Waals surface area contributed by atoms with Crippen molar-refractivity contribution in [3.8, 4) is 6.07 Å². The van der Waals surface area contributed by atoms with Gasteiger partial charge in [0, 0.05) is 19.1 Å². The Labute approximate surface area is 104 Å². The maximum atomic E-state index is 8.82. The third-order valence-corrected chi connectivity index (χ3v) is 4.32. The summed E-state index contributed by atoms with van der Waals surface area (Å²) in [5, 5.41) is 9.97. The molecule has 0 radical (unpaired) electrons. The first-order chi connectivity index (χ1) is 7.61. The van der Waals surface area contributed by atoms with Crippen LogP contribution in [0.25, 0.3) is 0 Å². The van der Waals surface area contributed by atoms with Crippen molar-refractivity contribution in [1.29, 1.82) is 5.26 Å². The van der Waals surface area contributed by atoms with Gasteiger partial charge < -0.3 is 10.6 Å². The zero-order valence-electron chi connectivity index (χ0n) is 8.98. The second kappa shape index (κ2) is 4.58. The summed E-state index contributed by atoms with van der Waals surface area (Å²) in [6.07, 6.45) is 0.959. The van der Waals surface area contributed by atoms with Gasteiger partial charge in [-0.15, -0.1) is 0 Å². The summed E-state index contributed by atoms with van der Waals surface area (Å²) in [6.45, 7) is 3.91. The molecule has 2 rings (SSSR count). The van der Waals surface area contributed by atoms with E-state index in [1.807, 2.05) is 6.07 Å². The van der Waals surface area contributed by atoms with Crippen molar-refractivity contribution in [2.45, 2.75) is 19.4 Å². The molecule has 1 saturated heterocycles. The number of hydrogen-bond acceptors (Lipinski definition) is 5. The number of nitriles is 1. The Hall–Kier alpha value is -0.830. The summed E-state index contributed by atoms with van der Waals surface area (Å²) >= 11 is 7.21. The number of nitrogens with zero attached hydrogens (tertiary/aromatic N) is 3. The van der Waals surface area contributed by atoms with Crippen molar-refractivity contribution >= 4 is 28.1 Å². The van der Waals surface area contributed by atoms with Gasteiger partial charge in [-0.25, -0.2) is 4.98 Å². The quantitative estimate of drug-likeness (QED) is 0.833. The molecule has 2 atom stereocenters. The van der Waals surface area contributed by atoms with Crippen molar-refractivity contribution in [2.24, 2.45) is 11.7 Å². The van der Waals surface area contributed by atoms with Gasteiger partial charge >= 0.3 is 0 Å². The van der Waals surface area contributed by atoms with Crippen LogP contribution in [0.3, 0.4) is 0 Å². The number of thiazole rings is 1. The van der Waals surface area contributed by atoms with Crippen molar-refractivity contribution in [1.82, 2.24) is 4.98 Å². The van der Waals surface area contributed by atoms with Crippen LogP contribution in [-0.2, 0) is 0 Å². The zero-order valence-corrected chi connectivity index (χ0v) is 10.6. The molecule has 1 fully saturated rings. The summed E-state index contributed by atoms with van der Waals surface area (Å²) in [5.41, 5.74) is 5.96. The topological polar surface area (TPSA) is 65.9 Å². The molecule has 2 N–H and O–H groups in total. The third-order valence-electron chi connectivity index (χ3n) is 2.92. The number of nitrogens with two attached hydrogens (primary N) is 1. The molecule has 0 aromatic carbocycles. The number of rotatable bonds is 1. The van der Waals surface area contributed by atoms with Crippen LogP contribution in [0.1, 0.15) is 18.2 Å². The number of halogens is 1. The predicted octanol–water partition coefficient (Wildman–Crippen LogP) is 1.84. The summed E-state index contributed by atoms with van der Waals surface area (Å²) in [7, 11) is 0. The normalized spacial score (nSPS) is 25.5. The zero-order chi connectivity index (χ0) is 11.7. The Balaban J connectivity index is 2.16. The van der Waals surface area contributed by atoms with Crippen LogP contribution in [0.15, 0.2) is 0 Å². The van der Waals surface area contributed by atoms with Crippen LogP contribution < -0.4 is 10.6 Å². The van der Waals surface area contributed by atoms with E-state index in [2.05, 4.69) is 16.8 Å². The fourth-order valence-corrected chi connectivity index (χ4v) is 2.91. The molecule has 1 aromatic rings. The lowest BCUT2D eigenvalue weighted by molar-refractivity contribution is 0.382. The molecule has 0 spiro atoms. The summed E-state index contributed by atoms with van der Waals surface area (Å²) in [6, 6.07) is 2.31. The van der Waals surface area contributed by atoms with E-state index >= 15 is 0 Å². The molecule has 0 aliphatic carbocycles. The van der Waals surface area contributed by atoms with E-state index < -0.39 is 0 Å². The summed E-state index contributed by atoms with van der Waals surface area (Å²) in [5.74, 6) is 0.446. The minimum atomic E-state index is 0.266. The SMILES string of the molecule is CC1CN(c2nc(Cl)c(C#N)s2)CCC1N. The molecule has 86 valence electrons. The third kappa shape index (κ3) is 2.14. The van der Waals surface area contributed by atoms with Crippen LogP contribution in [0.2, 0.25) is 5.15 Å². The van der Waals surface area contributed by atoms with E-state index in [1.165, 1.54) is 11.3 Å². The van der Waals surface area contributed by atoms with E-state index in [9.17, 15) is 0 Å². The maximum Gasteiger partial charge on any atom is 0.188 e. The second-order valence-corrected chi connectivity index (χ2v) is 5.44. The highest BCUT2D eigenvalue weighted by Gasteiger charge is 2.25. The molecule has 0 bridgehead atoms. The fraction of sp³-hybridized carbons (Fsp3) is 0.600. The molecule has 2 unspecified atom stereocenters. The smallest absolute Gasteiger partial charge is 0.188 e. The maximum absolute atomic E-state index is 8.82. The van der Waals surface area contributed by atoms with Crippen LogP contribution in [0.4, 0.5) is 5.13 Å². The van der Waals surface area contributed by atoms with Crippen LogP contribution in [-0.4, -0.2) is 24.1 Å². The van der Waals surface area contributed by atoms with Gasteiger partial charge in [-0.1, -0.05) is 29.9 Å². The first-order valence-electron chi connectivity index (χ1n) is 5.18. The van der Waals surface area contributed by atoms with E-state index in [-0.39, 0.29) is 6.04 Å². The number of aromatic nitrogens is 1. The van der Waals surface area contributed by atoms with Crippen molar-refractivity contribution < 1.29 is 0 Å². The van der Waals surface area contributed by atoms with Gasteiger partial charge in [0.05, 0.1) is 0 Å². The molecule has 1 aliphatic heterocycles. The lowest BCUT2D eigenvalue weighted by Gasteiger charge is -2.34. The fourth-order valence-electron chi connectivity index (χ4n) is 1.83. The van der Waals surface area contributed by atoms with Gasteiger partial charge in [0.15, 0.2) is 10.3 Å². The largest absolute Gasteiger partial charge is 0.348 e. The van der Waals surface area contributed by atoms with E-state index in [1.54, 1.807) is 0 Å². The number of anilines is 1. The molecular formula is C10H13ClN4S. The molecular weight excluding hydrogens is 244 g/mol. The molecule has 4 nitrogen and oxygen atoms in total. The Morgan fingerprint density at radius 2 is 2.44 bits per heavy atom. The van der Waals surface area contributed by atoms with Crippen LogP contribution in [0.5, 0.6) is 0 Å². The first kappa shape index (κ1) is 11.6. The number of hydrogen-bond donors (Lipinski definition) is 1. The van der Waals surface area contributed by atoms with Crippen LogP contribution >= 0.6 is 22.9 Å². The highest BCUT2D eigenvalue weighted by molar-refractivity contribution is 7.16. The van der Waals surface area contributed by atoms with Crippen molar-refractivity contribution in [3.63, 3.8) is 0 Å². The minimum absolute atomic E-state index is 0.266. The molecule has 6 heteroatoms. The van der Waals surface area contributed by atoms with Crippen molar-refractivity contribution in [2.75, 3.05) is 18.0 Å². The highest BCUT2D eigenvalue weighted by Crippen LogP contribution is 2.31. The minimum Gasteiger partial charge on any atom is -0.348 e. The predicted molar refractivity (Wildman–Crippen MR) is 65.8 cm³/mol. The molecule has 0 saturated carbocycles. The highest BCUT2D eigenvalue weighted by atomic mass is 35.5. The monoisotopic (exact) mass is 256 g/mol. The Morgan fingerprint density at radius 1 is 1.69 bits per heavy atom. The van der Waals surface area contributed by atoms with Crippen molar-refractivity contribution in [3.05, 3.63) is 10.0 Å². The van der Waals surface area contributed by atoms with Gasteiger partial charge in [0.2, 0.25) is 0 Å². The molecule has 1 aliphatic rings. The van der Waals surface area contributed by atoms with Gasteiger partial charge in [0.1, 0.15) is 10.9 Å². The molecule has 1 aromatic heterocycles. The first-order valence-corrected chi connectivity index (χ1v) is 6.38. The van der Waals surface area contributed by atoms with Gasteiger partial charge in [-0.2, -0.15) is 5.26 Å². The van der Waals surface area contributed by atoms with E-state index in [4.69, 9.17) is 22.6 Å². The molecule has 2 heterocycles. The Kier molecular flexibility index (Phi) is 3.33. The average Bonchev–Trinajstić information content (AvgIpc) is 2.64. The lowest BCUT2D eigenvalue weighted by atomic mass is 9.95. The summed E-state index contributed by atoms with van der Waals surface area (Å²) in [4.78, 5) is 6.85. The second-order valence-electron chi connectivity index (χ2n) is 4.10. The molecule has 0 amide bonds. The van der Waals surface area contributed by atoms with Gasteiger partial charge in [-0.3, -0.25) is 0 Å². The average molecular weight is 257 g/mol. The number of piperidine rings is 1. The van der Waals surface area contributed by atoms with E-state index in [0.29, 0.717) is 15.9 Å². The van der Waals surface area contributed by atoms with Gasteiger partial charge in [-0.05, 0) is 12.3 Å². The van der Waals surface area contributed by atoms with Gasteiger partial charge in [0.25, 0.3) is 0 Å². The summed E-state index contributed by atoms with van der Waals surface area (Å²) < 4.78 is 0. The van der Waals surface area contributed by atoms with E-state index in [0.717, 1.165) is 24.6 Å². The molecule has 16 heavy (non-hydrogen) atoms. The Morgan fingerprint density at radius 3 is 3.00 bits per heavy atom. The lowest BCUT2D eigenvalue weighted by Crippen LogP contribution is -2.45. The Bertz CT molecular complexity index is 425.